The zero-order valence-electron chi connectivity index (χ0n) is 11.0. The van der Waals surface area contributed by atoms with Crippen LogP contribution < -0.4 is 0 Å². The van der Waals surface area contributed by atoms with Crippen LogP contribution in [0.1, 0.15) is 36.0 Å². The summed E-state index contributed by atoms with van der Waals surface area (Å²) in [7, 11) is 0. The van der Waals surface area contributed by atoms with Crippen LogP contribution >= 0.6 is 0 Å². The lowest BCUT2D eigenvalue weighted by molar-refractivity contribution is 0.830. The average molecular weight is 234 g/mol. The maximum Gasteiger partial charge on any atom is 0.0453 e. The first kappa shape index (κ1) is 12.5. The van der Waals surface area contributed by atoms with E-state index in [1.54, 1.807) is 0 Å². The Morgan fingerprint density at radius 2 is 1.61 bits per heavy atom. The van der Waals surface area contributed by atoms with E-state index >= 15 is 0 Å². The number of rotatable bonds is 2. The SMILES string of the molecule is CC[C@@H](C#Cc1ccc(C)cc1)c1ccccc1. The van der Waals surface area contributed by atoms with Crippen molar-refractivity contribution in [2.45, 2.75) is 26.2 Å². The minimum Gasteiger partial charge on any atom is -0.0897 e. The summed E-state index contributed by atoms with van der Waals surface area (Å²) < 4.78 is 0. The Labute approximate surface area is 110 Å². The van der Waals surface area contributed by atoms with Crippen LogP contribution in [0.25, 0.3) is 0 Å². The van der Waals surface area contributed by atoms with Gasteiger partial charge in [-0.05, 0) is 31.0 Å². The normalized spacial score (nSPS) is 11.4. The van der Waals surface area contributed by atoms with Gasteiger partial charge in [-0.3, -0.25) is 0 Å². The van der Waals surface area contributed by atoms with Crippen LogP contribution in [0.3, 0.4) is 0 Å². The molecule has 0 radical (unpaired) electrons. The van der Waals surface area contributed by atoms with Crippen LogP contribution in [-0.4, -0.2) is 0 Å². The maximum absolute atomic E-state index is 3.37. The van der Waals surface area contributed by atoms with Gasteiger partial charge in [0.2, 0.25) is 0 Å². The highest BCUT2D eigenvalue weighted by atomic mass is 14.1. The molecule has 2 aromatic rings. The van der Waals surface area contributed by atoms with Crippen molar-refractivity contribution in [2.24, 2.45) is 0 Å². The van der Waals surface area contributed by atoms with E-state index in [1.807, 2.05) is 6.07 Å². The fourth-order valence-corrected chi connectivity index (χ4v) is 1.91. The maximum atomic E-state index is 3.37. The molecule has 0 saturated heterocycles. The minimum atomic E-state index is 0.326. The van der Waals surface area contributed by atoms with Gasteiger partial charge in [0.05, 0.1) is 0 Å². The van der Waals surface area contributed by atoms with Crippen LogP contribution in [0.15, 0.2) is 54.6 Å². The number of aryl methyl sites for hydroxylation is 1. The molecule has 0 saturated carbocycles. The van der Waals surface area contributed by atoms with Crippen molar-refractivity contribution in [2.75, 3.05) is 0 Å². The van der Waals surface area contributed by atoms with Crippen molar-refractivity contribution in [3.63, 3.8) is 0 Å². The average Bonchev–Trinajstić information content (AvgIpc) is 2.43. The second-order valence-electron chi connectivity index (χ2n) is 4.51. The highest BCUT2D eigenvalue weighted by Gasteiger charge is 2.03. The van der Waals surface area contributed by atoms with Crippen LogP contribution in [-0.2, 0) is 0 Å². The first-order chi connectivity index (χ1) is 8.79. The predicted molar refractivity (Wildman–Crippen MR) is 77.5 cm³/mol. The molecule has 0 spiro atoms. The molecule has 0 heteroatoms. The topological polar surface area (TPSA) is 0 Å². The molecular formula is C18H18. The summed E-state index contributed by atoms with van der Waals surface area (Å²) in [5.41, 5.74) is 3.67. The fourth-order valence-electron chi connectivity index (χ4n) is 1.91. The van der Waals surface area contributed by atoms with E-state index in [4.69, 9.17) is 0 Å². The molecule has 0 amide bonds. The van der Waals surface area contributed by atoms with Gasteiger partial charge in [-0.15, -0.1) is 0 Å². The molecule has 0 aliphatic heterocycles. The van der Waals surface area contributed by atoms with Gasteiger partial charge in [0.15, 0.2) is 0 Å². The summed E-state index contributed by atoms with van der Waals surface area (Å²) in [5, 5.41) is 0. The van der Waals surface area contributed by atoms with Gasteiger partial charge >= 0.3 is 0 Å². The molecule has 0 nitrogen and oxygen atoms in total. The second-order valence-corrected chi connectivity index (χ2v) is 4.51. The Balaban J connectivity index is 2.19. The Morgan fingerprint density at radius 1 is 0.944 bits per heavy atom. The second kappa shape index (κ2) is 6.07. The van der Waals surface area contributed by atoms with Crippen LogP contribution in [0.5, 0.6) is 0 Å². The molecule has 0 aliphatic carbocycles. The summed E-state index contributed by atoms with van der Waals surface area (Å²) in [6.07, 6.45) is 1.04. The van der Waals surface area contributed by atoms with Crippen molar-refractivity contribution in [3.05, 3.63) is 71.3 Å². The van der Waals surface area contributed by atoms with E-state index in [-0.39, 0.29) is 0 Å². The van der Waals surface area contributed by atoms with Gasteiger partial charge in [-0.1, -0.05) is 66.8 Å². The van der Waals surface area contributed by atoms with Gasteiger partial charge in [-0.2, -0.15) is 0 Å². The van der Waals surface area contributed by atoms with Gasteiger partial charge < -0.3 is 0 Å². The molecule has 0 aliphatic rings. The summed E-state index contributed by atoms with van der Waals surface area (Å²) in [5.74, 6) is 6.97. The molecule has 0 unspecified atom stereocenters. The molecule has 0 fully saturated rings. The third-order valence-electron chi connectivity index (χ3n) is 3.05. The predicted octanol–water partition coefficient (Wildman–Crippen LogP) is 4.54. The molecule has 0 bridgehead atoms. The van der Waals surface area contributed by atoms with Crippen molar-refractivity contribution in [3.8, 4) is 11.8 Å². The molecule has 0 heterocycles. The van der Waals surface area contributed by atoms with E-state index < -0.39 is 0 Å². The summed E-state index contributed by atoms with van der Waals surface area (Å²) in [6.45, 7) is 4.28. The van der Waals surface area contributed by atoms with Crippen LogP contribution in [0.4, 0.5) is 0 Å². The third-order valence-corrected chi connectivity index (χ3v) is 3.05. The van der Waals surface area contributed by atoms with Gasteiger partial charge in [0.1, 0.15) is 0 Å². The van der Waals surface area contributed by atoms with Crippen molar-refractivity contribution < 1.29 is 0 Å². The third kappa shape index (κ3) is 3.25. The van der Waals surface area contributed by atoms with E-state index in [9.17, 15) is 0 Å². The first-order valence-corrected chi connectivity index (χ1v) is 6.42. The highest BCUT2D eigenvalue weighted by Crippen LogP contribution is 2.18. The largest absolute Gasteiger partial charge is 0.0897 e. The Morgan fingerprint density at radius 3 is 2.22 bits per heavy atom. The first-order valence-electron chi connectivity index (χ1n) is 6.42. The lowest BCUT2D eigenvalue weighted by atomic mass is 9.97. The quantitative estimate of drug-likeness (QED) is 0.669. The fraction of sp³-hybridized carbons (Fsp3) is 0.222. The summed E-state index contributed by atoms with van der Waals surface area (Å²) in [6, 6.07) is 18.9. The molecule has 2 aromatic carbocycles. The monoisotopic (exact) mass is 234 g/mol. The number of benzene rings is 2. The van der Waals surface area contributed by atoms with Crippen LogP contribution in [0, 0.1) is 18.8 Å². The minimum absolute atomic E-state index is 0.326. The van der Waals surface area contributed by atoms with Gasteiger partial charge in [-0.25, -0.2) is 0 Å². The smallest absolute Gasteiger partial charge is 0.0453 e. The Kier molecular flexibility index (Phi) is 4.20. The zero-order chi connectivity index (χ0) is 12.8. The highest BCUT2D eigenvalue weighted by molar-refractivity contribution is 5.39. The lowest BCUT2D eigenvalue weighted by Crippen LogP contribution is -1.93. The van der Waals surface area contributed by atoms with Crippen molar-refractivity contribution in [1.82, 2.24) is 0 Å². The van der Waals surface area contributed by atoms with Gasteiger partial charge in [0.25, 0.3) is 0 Å². The molecule has 18 heavy (non-hydrogen) atoms. The number of hydrogen-bond donors (Lipinski definition) is 0. The zero-order valence-corrected chi connectivity index (χ0v) is 11.0. The van der Waals surface area contributed by atoms with Crippen LogP contribution in [0.2, 0.25) is 0 Å². The van der Waals surface area contributed by atoms with Crippen molar-refractivity contribution >= 4 is 0 Å². The summed E-state index contributed by atoms with van der Waals surface area (Å²) in [4.78, 5) is 0. The Hall–Kier alpha value is -2.00. The standard InChI is InChI=1S/C18H18/c1-3-17(18-7-5-4-6-8-18)14-13-16-11-9-15(2)10-12-16/h4-12,17H,3H2,1-2H3/t17-/m0/s1. The van der Waals surface area contributed by atoms with E-state index in [0.29, 0.717) is 5.92 Å². The van der Waals surface area contributed by atoms with Gasteiger partial charge in [0, 0.05) is 11.5 Å². The Bertz CT molecular complexity index is 538. The van der Waals surface area contributed by atoms with E-state index in [2.05, 4.69) is 74.2 Å². The molecule has 90 valence electrons. The number of hydrogen-bond acceptors (Lipinski definition) is 0. The lowest BCUT2D eigenvalue weighted by Gasteiger charge is -2.07. The molecule has 0 aromatic heterocycles. The summed E-state index contributed by atoms with van der Waals surface area (Å²) >= 11 is 0. The van der Waals surface area contributed by atoms with E-state index in [1.165, 1.54) is 11.1 Å². The van der Waals surface area contributed by atoms with Crippen molar-refractivity contribution in [1.29, 1.82) is 0 Å². The molecule has 2 rings (SSSR count). The van der Waals surface area contributed by atoms with E-state index in [0.717, 1.165) is 12.0 Å². The molecule has 1 atom stereocenters. The molecule has 0 N–H and O–H groups in total. The molecular weight excluding hydrogens is 216 g/mol.